The minimum Gasteiger partial charge on any atom is -0.383 e. The molecule has 2 rings (SSSR count). The Morgan fingerprint density at radius 1 is 1.39 bits per heavy atom. The standard InChI is InChI=1S/C15H19BrN4O2.ClH/c1-15(17,11-3-5-12(16)6-4-11)14(21)18-13-7-8-20(19-13)9-10-22-2;/h3-8H,9-10,17H2,1-2H3,(H,18,19,21);1H. The maximum atomic E-state index is 12.4. The summed E-state index contributed by atoms with van der Waals surface area (Å²) in [5.41, 5.74) is 5.77. The number of nitrogens with two attached hydrogens (primary N) is 1. The molecule has 3 N–H and O–H groups in total. The molecule has 1 unspecified atom stereocenters. The minimum absolute atomic E-state index is 0. The van der Waals surface area contributed by atoms with E-state index in [0.717, 1.165) is 10.0 Å². The molecule has 0 spiro atoms. The molecule has 23 heavy (non-hydrogen) atoms. The summed E-state index contributed by atoms with van der Waals surface area (Å²) in [4.78, 5) is 12.4. The average molecular weight is 404 g/mol. The number of nitrogens with zero attached hydrogens (tertiary/aromatic N) is 2. The molecule has 6 nitrogen and oxygen atoms in total. The predicted molar refractivity (Wildman–Crippen MR) is 95.7 cm³/mol. The predicted octanol–water partition coefficient (Wildman–Crippen LogP) is 2.53. The van der Waals surface area contributed by atoms with Crippen molar-refractivity contribution >= 4 is 40.1 Å². The summed E-state index contributed by atoms with van der Waals surface area (Å²) in [5, 5.41) is 6.99. The monoisotopic (exact) mass is 402 g/mol. The van der Waals surface area contributed by atoms with Crippen molar-refractivity contribution in [1.82, 2.24) is 9.78 Å². The van der Waals surface area contributed by atoms with Gasteiger partial charge in [0.05, 0.1) is 13.2 Å². The summed E-state index contributed by atoms with van der Waals surface area (Å²) in [6.45, 7) is 2.86. The fourth-order valence-corrected chi connectivity index (χ4v) is 2.18. The van der Waals surface area contributed by atoms with Crippen LogP contribution in [0, 0.1) is 0 Å². The molecule has 1 heterocycles. The number of amides is 1. The van der Waals surface area contributed by atoms with Crippen molar-refractivity contribution in [2.45, 2.75) is 19.0 Å². The van der Waals surface area contributed by atoms with Gasteiger partial charge in [0.2, 0.25) is 5.91 Å². The van der Waals surface area contributed by atoms with Gasteiger partial charge in [0.25, 0.3) is 0 Å². The molecule has 0 aliphatic carbocycles. The Balaban J connectivity index is 0.00000264. The van der Waals surface area contributed by atoms with Crippen LogP contribution in [-0.2, 0) is 21.6 Å². The largest absolute Gasteiger partial charge is 0.383 e. The number of rotatable bonds is 6. The van der Waals surface area contributed by atoms with E-state index in [1.807, 2.05) is 24.3 Å². The number of anilines is 1. The highest BCUT2D eigenvalue weighted by Gasteiger charge is 2.30. The van der Waals surface area contributed by atoms with Crippen molar-refractivity contribution < 1.29 is 9.53 Å². The first-order chi connectivity index (χ1) is 10.4. The second-order valence-corrected chi connectivity index (χ2v) is 6.04. The molecule has 0 saturated carbocycles. The van der Waals surface area contributed by atoms with Gasteiger partial charge in [-0.05, 0) is 24.6 Å². The number of halogens is 2. The molecule has 1 aromatic heterocycles. The molecule has 0 bridgehead atoms. The van der Waals surface area contributed by atoms with Gasteiger partial charge in [-0.3, -0.25) is 9.48 Å². The van der Waals surface area contributed by atoms with Crippen LogP contribution in [0.2, 0.25) is 0 Å². The number of methoxy groups -OCH3 is 1. The number of carbonyl (C=O) groups excluding carboxylic acids is 1. The van der Waals surface area contributed by atoms with Crippen LogP contribution in [0.4, 0.5) is 5.82 Å². The summed E-state index contributed by atoms with van der Waals surface area (Å²) >= 11 is 3.36. The maximum Gasteiger partial charge on any atom is 0.249 e. The molecule has 126 valence electrons. The van der Waals surface area contributed by atoms with E-state index in [4.69, 9.17) is 10.5 Å². The third-order valence-corrected chi connectivity index (χ3v) is 3.85. The molecule has 8 heteroatoms. The van der Waals surface area contributed by atoms with Crippen LogP contribution in [0.25, 0.3) is 0 Å². The van der Waals surface area contributed by atoms with Crippen LogP contribution in [0.5, 0.6) is 0 Å². The first kappa shape index (κ1) is 19.6. The second kappa shape index (κ2) is 8.44. The number of nitrogens with one attached hydrogen (secondary N) is 1. The molecule has 0 aliphatic rings. The molecular formula is C15H20BrClN4O2. The zero-order valence-corrected chi connectivity index (χ0v) is 15.4. The van der Waals surface area contributed by atoms with E-state index >= 15 is 0 Å². The summed E-state index contributed by atoms with van der Waals surface area (Å²) in [6, 6.07) is 9.08. The van der Waals surface area contributed by atoms with Crippen molar-refractivity contribution in [3.8, 4) is 0 Å². The van der Waals surface area contributed by atoms with Crippen LogP contribution in [0.3, 0.4) is 0 Å². The molecule has 0 radical (unpaired) electrons. The maximum absolute atomic E-state index is 12.4. The highest BCUT2D eigenvalue weighted by molar-refractivity contribution is 9.10. The van der Waals surface area contributed by atoms with Crippen LogP contribution < -0.4 is 11.1 Å². The van der Waals surface area contributed by atoms with E-state index in [1.165, 1.54) is 0 Å². The molecule has 1 atom stereocenters. The van der Waals surface area contributed by atoms with Crippen molar-refractivity contribution in [1.29, 1.82) is 0 Å². The lowest BCUT2D eigenvalue weighted by molar-refractivity contribution is -0.120. The third kappa shape index (κ3) is 5.04. The van der Waals surface area contributed by atoms with Crippen molar-refractivity contribution in [2.75, 3.05) is 19.0 Å². The lowest BCUT2D eigenvalue weighted by Gasteiger charge is -2.23. The van der Waals surface area contributed by atoms with E-state index in [0.29, 0.717) is 19.0 Å². The third-order valence-electron chi connectivity index (χ3n) is 3.32. The summed E-state index contributed by atoms with van der Waals surface area (Å²) in [5.74, 6) is 0.154. The Morgan fingerprint density at radius 3 is 2.65 bits per heavy atom. The molecule has 0 fully saturated rings. The molecule has 1 aromatic carbocycles. The molecular weight excluding hydrogens is 384 g/mol. The van der Waals surface area contributed by atoms with Gasteiger partial charge in [-0.1, -0.05) is 28.1 Å². The Kier molecular flexibility index (Phi) is 7.21. The normalized spacial score (nSPS) is 13.0. The van der Waals surface area contributed by atoms with Gasteiger partial charge < -0.3 is 15.8 Å². The number of benzene rings is 1. The van der Waals surface area contributed by atoms with Crippen LogP contribution >= 0.6 is 28.3 Å². The van der Waals surface area contributed by atoms with Crippen LogP contribution in [-0.4, -0.2) is 29.4 Å². The van der Waals surface area contributed by atoms with Crippen molar-refractivity contribution in [3.05, 3.63) is 46.6 Å². The van der Waals surface area contributed by atoms with Crippen molar-refractivity contribution in [3.63, 3.8) is 0 Å². The van der Waals surface area contributed by atoms with Gasteiger partial charge in [0, 0.05) is 23.8 Å². The molecule has 0 aliphatic heterocycles. The summed E-state index contributed by atoms with van der Waals surface area (Å²) < 4.78 is 7.62. The van der Waals surface area contributed by atoms with Gasteiger partial charge in [0.1, 0.15) is 5.54 Å². The summed E-state index contributed by atoms with van der Waals surface area (Å²) in [6.07, 6.45) is 1.78. The average Bonchev–Trinajstić information content (AvgIpc) is 2.93. The minimum atomic E-state index is -1.14. The fourth-order valence-electron chi connectivity index (χ4n) is 1.91. The first-order valence-corrected chi connectivity index (χ1v) is 7.61. The highest BCUT2D eigenvalue weighted by Crippen LogP contribution is 2.22. The smallest absolute Gasteiger partial charge is 0.249 e. The number of hydrogen-bond acceptors (Lipinski definition) is 4. The fraction of sp³-hybridized carbons (Fsp3) is 0.333. The van der Waals surface area contributed by atoms with E-state index in [1.54, 1.807) is 31.0 Å². The van der Waals surface area contributed by atoms with Crippen molar-refractivity contribution in [2.24, 2.45) is 5.73 Å². The number of ether oxygens (including phenoxy) is 1. The first-order valence-electron chi connectivity index (χ1n) is 6.82. The Hall–Kier alpha value is -1.41. The quantitative estimate of drug-likeness (QED) is 0.776. The van der Waals surface area contributed by atoms with Gasteiger partial charge >= 0.3 is 0 Å². The Morgan fingerprint density at radius 2 is 2.04 bits per heavy atom. The zero-order valence-electron chi connectivity index (χ0n) is 13.0. The Bertz CT molecular complexity index is 643. The second-order valence-electron chi connectivity index (χ2n) is 5.12. The SMILES string of the molecule is COCCn1ccc(NC(=O)C(C)(N)c2ccc(Br)cc2)n1.Cl. The van der Waals surface area contributed by atoms with Gasteiger partial charge in [0.15, 0.2) is 5.82 Å². The molecule has 0 saturated heterocycles. The van der Waals surface area contributed by atoms with Crippen LogP contribution in [0.15, 0.2) is 41.0 Å². The lowest BCUT2D eigenvalue weighted by atomic mass is 9.92. The summed E-state index contributed by atoms with van der Waals surface area (Å²) in [7, 11) is 1.63. The van der Waals surface area contributed by atoms with Gasteiger partial charge in [-0.25, -0.2) is 0 Å². The van der Waals surface area contributed by atoms with Gasteiger partial charge in [-0.15, -0.1) is 12.4 Å². The van der Waals surface area contributed by atoms with E-state index < -0.39 is 5.54 Å². The molecule has 1 amide bonds. The number of aromatic nitrogens is 2. The van der Waals surface area contributed by atoms with E-state index in [-0.39, 0.29) is 18.3 Å². The lowest BCUT2D eigenvalue weighted by Crippen LogP contribution is -2.45. The van der Waals surface area contributed by atoms with Crippen LogP contribution in [0.1, 0.15) is 12.5 Å². The Labute approximate surface area is 149 Å². The topological polar surface area (TPSA) is 82.2 Å². The highest BCUT2D eigenvalue weighted by atomic mass is 79.9. The van der Waals surface area contributed by atoms with E-state index in [2.05, 4.69) is 26.3 Å². The number of carbonyl (C=O) groups is 1. The van der Waals surface area contributed by atoms with E-state index in [9.17, 15) is 4.79 Å². The zero-order chi connectivity index (χ0) is 16.2. The molecule has 2 aromatic rings. The number of hydrogen-bond donors (Lipinski definition) is 2. The van der Waals surface area contributed by atoms with Gasteiger partial charge in [-0.2, -0.15) is 5.10 Å².